The van der Waals surface area contributed by atoms with Gasteiger partial charge in [0, 0.05) is 18.9 Å². The van der Waals surface area contributed by atoms with Crippen LogP contribution >= 0.6 is 0 Å². The average molecular weight is 251 g/mol. The van der Waals surface area contributed by atoms with Gasteiger partial charge >= 0.3 is 0 Å². The SMILES string of the molecule is CNC(=O)C12CCC(CCCC(C)=O)(CC1)CC2. The number of Topliss-reactive ketones (excluding diaryl/α,β-unsaturated/α-hetero) is 1. The third-order valence-electron chi connectivity index (χ3n) is 5.35. The minimum absolute atomic E-state index is 0.0585. The summed E-state index contributed by atoms with van der Waals surface area (Å²) < 4.78 is 0. The van der Waals surface area contributed by atoms with Crippen molar-refractivity contribution in [2.24, 2.45) is 10.8 Å². The molecular weight excluding hydrogens is 226 g/mol. The molecule has 3 aliphatic rings. The van der Waals surface area contributed by atoms with Gasteiger partial charge in [0.2, 0.25) is 5.91 Å². The fraction of sp³-hybridized carbons (Fsp3) is 0.867. The van der Waals surface area contributed by atoms with Crippen molar-refractivity contribution >= 4 is 11.7 Å². The highest BCUT2D eigenvalue weighted by molar-refractivity contribution is 5.82. The van der Waals surface area contributed by atoms with Crippen molar-refractivity contribution in [1.82, 2.24) is 5.32 Å². The average Bonchev–Trinajstić information content (AvgIpc) is 2.39. The van der Waals surface area contributed by atoms with Crippen LogP contribution in [-0.4, -0.2) is 18.7 Å². The van der Waals surface area contributed by atoms with Crippen LogP contribution in [0.1, 0.15) is 64.7 Å². The van der Waals surface area contributed by atoms with Crippen molar-refractivity contribution in [2.45, 2.75) is 64.7 Å². The van der Waals surface area contributed by atoms with Crippen molar-refractivity contribution < 1.29 is 9.59 Å². The van der Waals surface area contributed by atoms with E-state index < -0.39 is 0 Å². The smallest absolute Gasteiger partial charge is 0.225 e. The Morgan fingerprint density at radius 2 is 1.61 bits per heavy atom. The quantitative estimate of drug-likeness (QED) is 0.816. The van der Waals surface area contributed by atoms with Crippen LogP contribution in [0.5, 0.6) is 0 Å². The molecule has 3 heteroatoms. The maximum absolute atomic E-state index is 12.0. The van der Waals surface area contributed by atoms with Crippen LogP contribution in [0.4, 0.5) is 0 Å². The Morgan fingerprint density at radius 3 is 2.06 bits per heavy atom. The standard InChI is InChI=1S/C15H25NO2/c1-12(17)4-3-5-14-6-9-15(10-7-14,11-8-14)13(18)16-2/h3-11H2,1-2H3,(H,16,18). The van der Waals surface area contributed by atoms with Gasteiger partial charge in [0.15, 0.2) is 0 Å². The van der Waals surface area contributed by atoms with Gasteiger partial charge in [-0.1, -0.05) is 0 Å². The Morgan fingerprint density at radius 1 is 1.06 bits per heavy atom. The van der Waals surface area contributed by atoms with Gasteiger partial charge in [-0.05, 0) is 63.7 Å². The van der Waals surface area contributed by atoms with Gasteiger partial charge < -0.3 is 10.1 Å². The van der Waals surface area contributed by atoms with E-state index in [2.05, 4.69) is 5.32 Å². The molecule has 0 aliphatic heterocycles. The zero-order chi connectivity index (χ0) is 13.2. The first kappa shape index (κ1) is 13.6. The van der Waals surface area contributed by atoms with E-state index in [4.69, 9.17) is 0 Å². The van der Waals surface area contributed by atoms with E-state index in [0.29, 0.717) is 11.2 Å². The normalized spacial score (nSPS) is 34.3. The lowest BCUT2D eigenvalue weighted by atomic mass is 9.52. The number of nitrogens with one attached hydrogen (secondary N) is 1. The lowest BCUT2D eigenvalue weighted by Gasteiger charge is -2.52. The summed E-state index contributed by atoms with van der Waals surface area (Å²) in [6, 6.07) is 0. The molecule has 3 rings (SSSR count). The summed E-state index contributed by atoms with van der Waals surface area (Å²) in [5.41, 5.74) is 0.391. The molecule has 18 heavy (non-hydrogen) atoms. The maximum Gasteiger partial charge on any atom is 0.225 e. The molecule has 0 aromatic rings. The molecule has 0 atom stereocenters. The van der Waals surface area contributed by atoms with Crippen molar-refractivity contribution in [3.8, 4) is 0 Å². The largest absolute Gasteiger partial charge is 0.359 e. The molecule has 0 aromatic heterocycles. The highest BCUT2D eigenvalue weighted by Gasteiger charge is 2.51. The van der Waals surface area contributed by atoms with Crippen LogP contribution in [0.3, 0.4) is 0 Å². The van der Waals surface area contributed by atoms with E-state index >= 15 is 0 Å². The number of hydrogen-bond donors (Lipinski definition) is 1. The van der Waals surface area contributed by atoms with Crippen molar-refractivity contribution in [3.63, 3.8) is 0 Å². The molecule has 0 aromatic carbocycles. The molecule has 0 unspecified atom stereocenters. The predicted octanol–water partition coefficient (Wildman–Crippen LogP) is 2.83. The van der Waals surface area contributed by atoms with Crippen LogP contribution in [0.25, 0.3) is 0 Å². The Hall–Kier alpha value is -0.860. The molecule has 0 heterocycles. The van der Waals surface area contributed by atoms with Gasteiger partial charge in [-0.3, -0.25) is 4.79 Å². The fourth-order valence-electron chi connectivity index (χ4n) is 3.96. The number of hydrogen-bond acceptors (Lipinski definition) is 2. The number of rotatable bonds is 5. The molecule has 3 nitrogen and oxygen atoms in total. The minimum Gasteiger partial charge on any atom is -0.359 e. The fourth-order valence-corrected chi connectivity index (χ4v) is 3.96. The third-order valence-corrected chi connectivity index (χ3v) is 5.35. The summed E-state index contributed by atoms with van der Waals surface area (Å²) in [5.74, 6) is 0.553. The van der Waals surface area contributed by atoms with Gasteiger partial charge in [-0.15, -0.1) is 0 Å². The summed E-state index contributed by atoms with van der Waals surface area (Å²) in [6.45, 7) is 1.68. The first-order chi connectivity index (χ1) is 8.52. The van der Waals surface area contributed by atoms with E-state index in [0.717, 1.165) is 32.1 Å². The molecular formula is C15H25NO2. The van der Waals surface area contributed by atoms with Crippen molar-refractivity contribution in [2.75, 3.05) is 7.05 Å². The van der Waals surface area contributed by atoms with Gasteiger partial charge in [0.1, 0.15) is 5.78 Å². The van der Waals surface area contributed by atoms with Crippen LogP contribution < -0.4 is 5.32 Å². The Labute approximate surface area is 110 Å². The van der Waals surface area contributed by atoms with E-state index in [1.165, 1.54) is 25.7 Å². The summed E-state index contributed by atoms with van der Waals surface area (Å²) in [5, 5.41) is 2.84. The molecule has 102 valence electrons. The van der Waals surface area contributed by atoms with Gasteiger partial charge in [0.25, 0.3) is 0 Å². The Kier molecular flexibility index (Phi) is 3.79. The topological polar surface area (TPSA) is 46.2 Å². The lowest BCUT2D eigenvalue weighted by molar-refractivity contribution is -0.140. The molecule has 3 saturated carbocycles. The third kappa shape index (κ3) is 2.45. The Balaban J connectivity index is 1.91. The van der Waals surface area contributed by atoms with E-state index in [1.807, 2.05) is 0 Å². The zero-order valence-electron chi connectivity index (χ0n) is 11.7. The lowest BCUT2D eigenvalue weighted by Crippen LogP contribution is -2.49. The summed E-state index contributed by atoms with van der Waals surface area (Å²) in [4.78, 5) is 23.0. The molecule has 0 spiro atoms. The molecule has 1 N–H and O–H groups in total. The number of fused-ring (bicyclic) bond motifs is 3. The maximum atomic E-state index is 12.0. The molecule has 2 bridgehead atoms. The second-order valence-corrected chi connectivity index (χ2v) is 6.42. The first-order valence-corrected chi connectivity index (χ1v) is 7.24. The molecule has 0 radical (unpaired) electrons. The van der Waals surface area contributed by atoms with Crippen molar-refractivity contribution in [3.05, 3.63) is 0 Å². The van der Waals surface area contributed by atoms with E-state index in [9.17, 15) is 9.59 Å². The van der Waals surface area contributed by atoms with Gasteiger partial charge in [-0.2, -0.15) is 0 Å². The highest BCUT2D eigenvalue weighted by Crippen LogP contribution is 2.58. The number of carbonyl (C=O) groups excluding carboxylic acids is 2. The number of carbonyl (C=O) groups is 2. The minimum atomic E-state index is -0.0585. The summed E-state index contributed by atoms with van der Waals surface area (Å²) in [7, 11) is 1.75. The second kappa shape index (κ2) is 5.02. The molecule has 3 aliphatic carbocycles. The van der Waals surface area contributed by atoms with Crippen LogP contribution in [0.2, 0.25) is 0 Å². The number of ketones is 1. The summed E-state index contributed by atoms with van der Waals surface area (Å²) in [6.07, 6.45) is 9.61. The molecule has 1 amide bonds. The van der Waals surface area contributed by atoms with Crippen LogP contribution in [0, 0.1) is 10.8 Å². The van der Waals surface area contributed by atoms with E-state index in [1.54, 1.807) is 14.0 Å². The Bertz CT molecular complexity index is 324. The van der Waals surface area contributed by atoms with Crippen molar-refractivity contribution in [1.29, 1.82) is 0 Å². The second-order valence-electron chi connectivity index (χ2n) is 6.42. The predicted molar refractivity (Wildman–Crippen MR) is 71.2 cm³/mol. The van der Waals surface area contributed by atoms with Gasteiger partial charge in [-0.25, -0.2) is 0 Å². The monoisotopic (exact) mass is 251 g/mol. The molecule has 3 fully saturated rings. The van der Waals surface area contributed by atoms with Gasteiger partial charge in [0.05, 0.1) is 0 Å². The number of amides is 1. The molecule has 0 saturated heterocycles. The van der Waals surface area contributed by atoms with E-state index in [-0.39, 0.29) is 11.3 Å². The van der Waals surface area contributed by atoms with Crippen LogP contribution in [-0.2, 0) is 9.59 Å². The zero-order valence-corrected chi connectivity index (χ0v) is 11.7. The summed E-state index contributed by atoms with van der Waals surface area (Å²) >= 11 is 0. The van der Waals surface area contributed by atoms with Crippen LogP contribution in [0.15, 0.2) is 0 Å². The highest BCUT2D eigenvalue weighted by atomic mass is 16.2. The first-order valence-electron chi connectivity index (χ1n) is 7.24.